The molecule has 1 aliphatic rings. The van der Waals surface area contributed by atoms with Crippen LogP contribution in [0.3, 0.4) is 0 Å². The third-order valence-electron chi connectivity index (χ3n) is 3.28. The van der Waals surface area contributed by atoms with Gasteiger partial charge in [0, 0.05) is 6.54 Å². The van der Waals surface area contributed by atoms with E-state index in [1.54, 1.807) is 4.90 Å². The van der Waals surface area contributed by atoms with Crippen molar-refractivity contribution < 1.29 is 9.59 Å². The molecule has 1 saturated heterocycles. The van der Waals surface area contributed by atoms with E-state index in [4.69, 9.17) is 0 Å². The Morgan fingerprint density at radius 1 is 1.21 bits per heavy atom. The molecular weight excluding hydrogens is 240 g/mol. The van der Waals surface area contributed by atoms with Crippen molar-refractivity contribution in [2.75, 3.05) is 6.54 Å². The number of rotatable bonds is 2. The third-order valence-corrected chi connectivity index (χ3v) is 3.28. The van der Waals surface area contributed by atoms with Crippen molar-refractivity contribution in [3.8, 4) is 0 Å². The third kappa shape index (κ3) is 3.13. The highest BCUT2D eigenvalue weighted by molar-refractivity contribution is 5.95. The van der Waals surface area contributed by atoms with Crippen LogP contribution in [0.1, 0.15) is 26.3 Å². The molecule has 2 rings (SSSR count). The van der Waals surface area contributed by atoms with Crippen molar-refractivity contribution in [2.24, 2.45) is 5.41 Å². The number of carbonyl (C=O) groups excluding carboxylic acids is 2. The maximum atomic E-state index is 12.4. The molecule has 19 heavy (non-hydrogen) atoms. The SMILES string of the molecule is CC(C)(C)[C@H]1NC(=O)CN(Cc2ccccc2)C1=O. The predicted octanol–water partition coefficient (Wildman–Crippen LogP) is 1.56. The molecule has 1 fully saturated rings. The highest BCUT2D eigenvalue weighted by atomic mass is 16.2. The van der Waals surface area contributed by atoms with E-state index in [9.17, 15) is 9.59 Å². The fourth-order valence-corrected chi connectivity index (χ4v) is 2.23. The van der Waals surface area contributed by atoms with Crippen molar-refractivity contribution in [1.82, 2.24) is 10.2 Å². The van der Waals surface area contributed by atoms with Gasteiger partial charge < -0.3 is 10.2 Å². The molecule has 0 aliphatic carbocycles. The van der Waals surface area contributed by atoms with E-state index in [2.05, 4.69) is 5.32 Å². The van der Waals surface area contributed by atoms with Gasteiger partial charge in [-0.15, -0.1) is 0 Å². The van der Waals surface area contributed by atoms with E-state index in [1.807, 2.05) is 51.1 Å². The molecule has 1 aromatic carbocycles. The summed E-state index contributed by atoms with van der Waals surface area (Å²) in [6.45, 7) is 6.51. The lowest BCUT2D eigenvalue weighted by molar-refractivity contribution is -0.147. The number of benzene rings is 1. The van der Waals surface area contributed by atoms with Crippen molar-refractivity contribution in [2.45, 2.75) is 33.4 Å². The first-order valence-electron chi connectivity index (χ1n) is 6.50. The van der Waals surface area contributed by atoms with Crippen LogP contribution in [0.15, 0.2) is 30.3 Å². The zero-order valence-corrected chi connectivity index (χ0v) is 11.6. The monoisotopic (exact) mass is 260 g/mol. The highest BCUT2D eigenvalue weighted by Gasteiger charge is 2.39. The van der Waals surface area contributed by atoms with Crippen LogP contribution in [-0.2, 0) is 16.1 Å². The molecule has 4 nitrogen and oxygen atoms in total. The Morgan fingerprint density at radius 3 is 2.42 bits per heavy atom. The second-order valence-electron chi connectivity index (χ2n) is 6.05. The maximum absolute atomic E-state index is 12.4. The number of piperazine rings is 1. The van der Waals surface area contributed by atoms with Gasteiger partial charge in [-0.2, -0.15) is 0 Å². The normalized spacial score (nSPS) is 20.4. The topological polar surface area (TPSA) is 49.4 Å². The zero-order valence-electron chi connectivity index (χ0n) is 11.6. The second-order valence-corrected chi connectivity index (χ2v) is 6.05. The average Bonchev–Trinajstić information content (AvgIpc) is 2.33. The quantitative estimate of drug-likeness (QED) is 0.877. The zero-order chi connectivity index (χ0) is 14.0. The standard InChI is InChI=1S/C15H20N2O2/c1-15(2,3)13-14(19)17(10-12(18)16-13)9-11-7-5-4-6-8-11/h4-8,13H,9-10H2,1-3H3,(H,16,18)/t13-/m0/s1. The molecule has 4 heteroatoms. The van der Waals surface area contributed by atoms with E-state index in [1.165, 1.54) is 0 Å². The van der Waals surface area contributed by atoms with Gasteiger partial charge in [0.1, 0.15) is 6.04 Å². The largest absolute Gasteiger partial charge is 0.342 e. The molecule has 0 spiro atoms. The van der Waals surface area contributed by atoms with Gasteiger partial charge in [0.15, 0.2) is 0 Å². The van der Waals surface area contributed by atoms with Crippen LogP contribution in [0.2, 0.25) is 0 Å². The fourth-order valence-electron chi connectivity index (χ4n) is 2.23. The summed E-state index contributed by atoms with van der Waals surface area (Å²) in [6, 6.07) is 9.29. The fraction of sp³-hybridized carbons (Fsp3) is 0.467. The van der Waals surface area contributed by atoms with Crippen LogP contribution in [0, 0.1) is 5.41 Å². The molecule has 0 bridgehead atoms. The first-order chi connectivity index (χ1) is 8.88. The minimum Gasteiger partial charge on any atom is -0.342 e. The summed E-state index contributed by atoms with van der Waals surface area (Å²) >= 11 is 0. The molecule has 1 N–H and O–H groups in total. The maximum Gasteiger partial charge on any atom is 0.246 e. The first kappa shape index (κ1) is 13.6. The molecule has 1 aliphatic heterocycles. The Labute approximate surface area is 113 Å². The smallest absolute Gasteiger partial charge is 0.246 e. The predicted molar refractivity (Wildman–Crippen MR) is 73.2 cm³/mol. The van der Waals surface area contributed by atoms with Crippen LogP contribution in [0.25, 0.3) is 0 Å². The molecule has 2 amide bonds. The molecule has 0 radical (unpaired) electrons. The van der Waals surface area contributed by atoms with E-state index in [0.717, 1.165) is 5.56 Å². The Kier molecular flexibility index (Phi) is 3.60. The number of hydrogen-bond donors (Lipinski definition) is 1. The van der Waals surface area contributed by atoms with Crippen molar-refractivity contribution in [3.05, 3.63) is 35.9 Å². The van der Waals surface area contributed by atoms with Crippen molar-refractivity contribution in [3.63, 3.8) is 0 Å². The molecule has 0 saturated carbocycles. The lowest BCUT2D eigenvalue weighted by Crippen LogP contribution is -2.61. The first-order valence-corrected chi connectivity index (χ1v) is 6.50. The van der Waals surface area contributed by atoms with E-state index in [-0.39, 0.29) is 23.8 Å². The van der Waals surface area contributed by atoms with E-state index < -0.39 is 6.04 Å². The number of amides is 2. The molecule has 102 valence electrons. The summed E-state index contributed by atoms with van der Waals surface area (Å²) in [4.78, 5) is 25.8. The van der Waals surface area contributed by atoms with Gasteiger partial charge in [-0.05, 0) is 11.0 Å². The molecule has 1 atom stereocenters. The Morgan fingerprint density at radius 2 is 1.84 bits per heavy atom. The molecule has 1 aromatic rings. The number of carbonyl (C=O) groups is 2. The number of nitrogens with one attached hydrogen (secondary N) is 1. The van der Waals surface area contributed by atoms with Crippen molar-refractivity contribution in [1.29, 1.82) is 0 Å². The van der Waals surface area contributed by atoms with Gasteiger partial charge in [-0.25, -0.2) is 0 Å². The highest BCUT2D eigenvalue weighted by Crippen LogP contribution is 2.23. The summed E-state index contributed by atoms with van der Waals surface area (Å²) in [5.41, 5.74) is 0.764. The summed E-state index contributed by atoms with van der Waals surface area (Å²) in [7, 11) is 0. The van der Waals surface area contributed by atoms with Crippen LogP contribution in [-0.4, -0.2) is 29.3 Å². The van der Waals surface area contributed by atoms with Crippen LogP contribution >= 0.6 is 0 Å². The summed E-state index contributed by atoms with van der Waals surface area (Å²) in [5, 5.41) is 2.79. The van der Waals surface area contributed by atoms with Crippen LogP contribution < -0.4 is 5.32 Å². The van der Waals surface area contributed by atoms with Gasteiger partial charge in [0.05, 0.1) is 6.54 Å². The van der Waals surface area contributed by atoms with Crippen molar-refractivity contribution >= 4 is 11.8 Å². The van der Waals surface area contributed by atoms with Gasteiger partial charge >= 0.3 is 0 Å². The molecular formula is C15H20N2O2. The minimum atomic E-state index is -0.447. The summed E-state index contributed by atoms with van der Waals surface area (Å²) < 4.78 is 0. The van der Waals surface area contributed by atoms with Gasteiger partial charge in [-0.3, -0.25) is 9.59 Å². The minimum absolute atomic E-state index is 0.00375. The Bertz CT molecular complexity index is 477. The Balaban J connectivity index is 2.16. The van der Waals surface area contributed by atoms with Gasteiger partial charge in [0.2, 0.25) is 11.8 Å². The number of hydrogen-bond acceptors (Lipinski definition) is 2. The van der Waals surface area contributed by atoms with Crippen LogP contribution in [0.4, 0.5) is 0 Å². The summed E-state index contributed by atoms with van der Waals surface area (Å²) in [5.74, 6) is -0.0913. The molecule has 1 heterocycles. The van der Waals surface area contributed by atoms with Gasteiger partial charge in [0.25, 0.3) is 0 Å². The number of nitrogens with zero attached hydrogens (tertiary/aromatic N) is 1. The lowest BCUT2D eigenvalue weighted by atomic mass is 9.84. The second kappa shape index (κ2) is 5.03. The molecule has 0 aromatic heterocycles. The van der Waals surface area contributed by atoms with E-state index in [0.29, 0.717) is 6.54 Å². The Hall–Kier alpha value is -1.84. The average molecular weight is 260 g/mol. The van der Waals surface area contributed by atoms with Gasteiger partial charge in [-0.1, -0.05) is 51.1 Å². The molecule has 0 unspecified atom stereocenters. The lowest BCUT2D eigenvalue weighted by Gasteiger charge is -2.38. The van der Waals surface area contributed by atoms with Crippen LogP contribution in [0.5, 0.6) is 0 Å². The summed E-state index contributed by atoms with van der Waals surface area (Å²) in [6.07, 6.45) is 0. The van der Waals surface area contributed by atoms with E-state index >= 15 is 0 Å².